The van der Waals surface area contributed by atoms with Crippen LogP contribution in [0.5, 0.6) is 0 Å². The van der Waals surface area contributed by atoms with Crippen LogP contribution in [0.15, 0.2) is 24.3 Å². The molecule has 2 heterocycles. The highest BCUT2D eigenvalue weighted by atomic mass is 19.4. The Labute approximate surface area is 152 Å². The van der Waals surface area contributed by atoms with E-state index in [1.165, 1.54) is 12.1 Å². The first kappa shape index (κ1) is 18.8. The molecule has 1 fully saturated rings. The first-order valence-corrected chi connectivity index (χ1v) is 8.38. The zero-order valence-electron chi connectivity index (χ0n) is 14.2. The fraction of sp³-hybridized carbons (Fsp3) is 0.438. The molecule has 1 N–H and O–H groups in total. The van der Waals surface area contributed by atoms with Gasteiger partial charge in [-0.05, 0) is 42.3 Å². The van der Waals surface area contributed by atoms with Gasteiger partial charge in [-0.25, -0.2) is 0 Å². The Kier molecular flexibility index (Phi) is 5.38. The minimum Gasteiger partial charge on any atom is -0.349 e. The van der Waals surface area contributed by atoms with E-state index < -0.39 is 17.6 Å². The van der Waals surface area contributed by atoms with Gasteiger partial charge < -0.3 is 10.2 Å². The lowest BCUT2D eigenvalue weighted by atomic mass is 10.2. The molecule has 0 atom stereocenters. The molecular formula is C16H17F3N6O2. The number of carbonyl (C=O) groups excluding carboxylic acids is 2. The van der Waals surface area contributed by atoms with E-state index in [0.717, 1.165) is 29.9 Å². The van der Waals surface area contributed by atoms with Gasteiger partial charge in [-0.2, -0.15) is 13.2 Å². The van der Waals surface area contributed by atoms with Crippen molar-refractivity contribution >= 4 is 11.8 Å². The van der Waals surface area contributed by atoms with E-state index in [-0.39, 0.29) is 17.4 Å². The van der Waals surface area contributed by atoms with Gasteiger partial charge in [-0.15, -0.1) is 15.0 Å². The van der Waals surface area contributed by atoms with Crippen molar-refractivity contribution in [3.8, 4) is 5.69 Å². The van der Waals surface area contributed by atoms with Gasteiger partial charge in [0.2, 0.25) is 5.91 Å². The molecule has 3 rings (SSSR count). The van der Waals surface area contributed by atoms with Gasteiger partial charge in [0.15, 0.2) is 0 Å². The number of carbonyl (C=O) groups is 2. The van der Waals surface area contributed by atoms with Crippen molar-refractivity contribution in [2.75, 3.05) is 19.6 Å². The predicted molar refractivity (Wildman–Crippen MR) is 86.9 cm³/mol. The van der Waals surface area contributed by atoms with Crippen LogP contribution in [0, 0.1) is 0 Å². The maximum Gasteiger partial charge on any atom is 0.416 e. The second kappa shape index (κ2) is 7.72. The Bertz CT molecular complexity index is 818. The quantitative estimate of drug-likeness (QED) is 0.763. The van der Waals surface area contributed by atoms with Crippen LogP contribution in [-0.4, -0.2) is 56.6 Å². The number of hydrogen-bond donors (Lipinski definition) is 1. The van der Waals surface area contributed by atoms with Crippen molar-refractivity contribution in [1.29, 1.82) is 0 Å². The predicted octanol–water partition coefficient (Wildman–Crippen LogP) is 1.42. The number of nitrogens with one attached hydrogen (secondary N) is 1. The van der Waals surface area contributed by atoms with E-state index in [0.29, 0.717) is 25.9 Å². The van der Waals surface area contributed by atoms with Gasteiger partial charge in [0.25, 0.3) is 11.7 Å². The molecule has 0 unspecified atom stereocenters. The van der Waals surface area contributed by atoms with Crippen LogP contribution in [-0.2, 0) is 11.0 Å². The summed E-state index contributed by atoms with van der Waals surface area (Å²) in [6.07, 6.45) is -2.39. The molecule has 27 heavy (non-hydrogen) atoms. The number of nitrogens with zero attached hydrogens (tertiary/aromatic N) is 5. The van der Waals surface area contributed by atoms with Crippen LogP contribution in [0.1, 0.15) is 35.4 Å². The maximum absolute atomic E-state index is 12.6. The largest absolute Gasteiger partial charge is 0.416 e. The standard InChI is InChI=1S/C16H17F3N6O2/c17-16(18,19)11-4-6-12(7-5-11)25-22-14(21-23-25)15(27)20-8-2-10-24-9-1-3-13(24)26/h4-7H,1-3,8-10H2,(H,20,27). The normalized spacial score (nSPS) is 14.6. The molecule has 2 aromatic rings. The van der Waals surface area contributed by atoms with Crippen molar-refractivity contribution in [2.45, 2.75) is 25.4 Å². The van der Waals surface area contributed by atoms with Crippen LogP contribution in [0.4, 0.5) is 13.2 Å². The number of alkyl halides is 3. The Morgan fingerprint density at radius 1 is 1.22 bits per heavy atom. The smallest absolute Gasteiger partial charge is 0.349 e. The van der Waals surface area contributed by atoms with Gasteiger partial charge in [-0.3, -0.25) is 9.59 Å². The number of amides is 2. The monoisotopic (exact) mass is 382 g/mol. The third-order valence-electron chi connectivity index (χ3n) is 4.10. The van der Waals surface area contributed by atoms with Crippen molar-refractivity contribution in [1.82, 2.24) is 30.4 Å². The molecule has 0 aliphatic carbocycles. The molecule has 144 valence electrons. The number of benzene rings is 1. The van der Waals surface area contributed by atoms with Crippen LogP contribution in [0.3, 0.4) is 0 Å². The highest BCUT2D eigenvalue weighted by Crippen LogP contribution is 2.29. The lowest BCUT2D eigenvalue weighted by Gasteiger charge is -2.14. The van der Waals surface area contributed by atoms with Crippen molar-refractivity contribution in [2.24, 2.45) is 0 Å². The number of aromatic nitrogens is 4. The van der Waals surface area contributed by atoms with Gasteiger partial charge >= 0.3 is 6.18 Å². The van der Waals surface area contributed by atoms with Crippen LogP contribution in [0.25, 0.3) is 5.69 Å². The summed E-state index contributed by atoms with van der Waals surface area (Å²) in [5.74, 6) is -0.601. The summed E-state index contributed by atoms with van der Waals surface area (Å²) in [6, 6.07) is 4.19. The first-order valence-electron chi connectivity index (χ1n) is 8.38. The molecule has 1 aromatic carbocycles. The SMILES string of the molecule is O=C(NCCCN1CCCC1=O)c1nnn(-c2ccc(C(F)(F)F)cc2)n1. The minimum atomic E-state index is -4.43. The number of tetrazole rings is 1. The summed E-state index contributed by atoms with van der Waals surface area (Å²) in [5, 5.41) is 13.8. The van der Waals surface area contributed by atoms with Crippen molar-refractivity contribution in [3.05, 3.63) is 35.7 Å². The van der Waals surface area contributed by atoms with Crippen LogP contribution in [0.2, 0.25) is 0 Å². The molecule has 0 bridgehead atoms. The average molecular weight is 382 g/mol. The van der Waals surface area contributed by atoms with Gasteiger partial charge in [0.1, 0.15) is 0 Å². The number of rotatable bonds is 6. The number of likely N-dealkylation sites (tertiary alicyclic amines) is 1. The first-order chi connectivity index (χ1) is 12.8. The highest BCUT2D eigenvalue weighted by molar-refractivity contribution is 5.90. The second-order valence-electron chi connectivity index (χ2n) is 6.04. The zero-order chi connectivity index (χ0) is 19.4. The van der Waals surface area contributed by atoms with Crippen molar-refractivity contribution < 1.29 is 22.8 Å². The molecule has 1 aliphatic rings. The lowest BCUT2D eigenvalue weighted by Crippen LogP contribution is -2.31. The van der Waals surface area contributed by atoms with Crippen molar-refractivity contribution in [3.63, 3.8) is 0 Å². The Hall–Kier alpha value is -2.98. The third-order valence-corrected chi connectivity index (χ3v) is 4.10. The average Bonchev–Trinajstić information content (AvgIpc) is 3.27. The Balaban J connectivity index is 1.52. The molecule has 11 heteroatoms. The van der Waals surface area contributed by atoms with Crippen LogP contribution >= 0.6 is 0 Å². The molecule has 0 saturated carbocycles. The fourth-order valence-corrected chi connectivity index (χ4v) is 2.69. The summed E-state index contributed by atoms with van der Waals surface area (Å²) in [6.45, 7) is 1.66. The molecule has 1 saturated heterocycles. The summed E-state index contributed by atoms with van der Waals surface area (Å²) < 4.78 is 37.7. The number of hydrogen-bond acceptors (Lipinski definition) is 5. The van der Waals surface area contributed by atoms with E-state index in [1.807, 2.05) is 0 Å². The van der Waals surface area contributed by atoms with E-state index >= 15 is 0 Å². The Morgan fingerprint density at radius 3 is 2.59 bits per heavy atom. The number of halogens is 3. The zero-order valence-corrected chi connectivity index (χ0v) is 14.2. The minimum absolute atomic E-state index is 0.127. The molecule has 1 aromatic heterocycles. The molecule has 0 spiro atoms. The summed E-state index contributed by atoms with van der Waals surface area (Å²) in [7, 11) is 0. The maximum atomic E-state index is 12.6. The van der Waals surface area contributed by atoms with Gasteiger partial charge in [-0.1, -0.05) is 0 Å². The molecule has 2 amide bonds. The fourth-order valence-electron chi connectivity index (χ4n) is 2.69. The van der Waals surface area contributed by atoms with E-state index in [1.54, 1.807) is 4.90 Å². The van der Waals surface area contributed by atoms with Crippen LogP contribution < -0.4 is 5.32 Å². The molecule has 1 aliphatic heterocycles. The van der Waals surface area contributed by atoms with Gasteiger partial charge in [0.05, 0.1) is 11.3 Å². The van der Waals surface area contributed by atoms with E-state index in [9.17, 15) is 22.8 Å². The lowest BCUT2D eigenvalue weighted by molar-refractivity contribution is -0.137. The molecular weight excluding hydrogens is 365 g/mol. The molecule has 0 radical (unpaired) electrons. The summed E-state index contributed by atoms with van der Waals surface area (Å²) >= 11 is 0. The van der Waals surface area contributed by atoms with Gasteiger partial charge in [0, 0.05) is 26.1 Å². The van der Waals surface area contributed by atoms with E-state index in [4.69, 9.17) is 0 Å². The third kappa shape index (κ3) is 4.60. The summed E-state index contributed by atoms with van der Waals surface area (Å²) in [4.78, 5) is 26.2. The second-order valence-corrected chi connectivity index (χ2v) is 6.04. The molecule has 8 nitrogen and oxygen atoms in total. The van der Waals surface area contributed by atoms with E-state index in [2.05, 4.69) is 20.7 Å². The highest BCUT2D eigenvalue weighted by Gasteiger charge is 2.30. The topological polar surface area (TPSA) is 93.0 Å². The Morgan fingerprint density at radius 2 is 1.96 bits per heavy atom. The summed E-state index contributed by atoms with van der Waals surface area (Å²) in [5.41, 5.74) is -0.539.